The van der Waals surface area contributed by atoms with Crippen molar-refractivity contribution in [1.29, 1.82) is 0 Å². The zero-order valence-electron chi connectivity index (χ0n) is 15.0. The SMILES string of the molecule is CC(C)(C)C1=CC2=C(Sc3ccc(C(C)(C)C)cc3C2)C(=O)C1. The van der Waals surface area contributed by atoms with Crippen LogP contribution in [0.4, 0.5) is 0 Å². The number of ketones is 1. The lowest BCUT2D eigenvalue weighted by atomic mass is 9.79. The van der Waals surface area contributed by atoms with E-state index in [1.165, 1.54) is 27.2 Å². The smallest absolute Gasteiger partial charge is 0.173 e. The van der Waals surface area contributed by atoms with Gasteiger partial charge < -0.3 is 0 Å². The second-order valence-electron chi connectivity index (χ2n) is 8.73. The van der Waals surface area contributed by atoms with E-state index in [-0.39, 0.29) is 10.8 Å². The second kappa shape index (κ2) is 5.37. The number of thioether (sulfide) groups is 1. The molecule has 0 amide bonds. The fourth-order valence-electron chi connectivity index (χ4n) is 3.09. The molecule has 0 atom stereocenters. The Labute approximate surface area is 144 Å². The van der Waals surface area contributed by atoms with E-state index >= 15 is 0 Å². The molecule has 2 heteroatoms. The van der Waals surface area contributed by atoms with E-state index in [0.717, 1.165) is 11.3 Å². The number of benzene rings is 1. The summed E-state index contributed by atoms with van der Waals surface area (Å²) in [5, 5.41) is 0. The van der Waals surface area contributed by atoms with E-state index in [9.17, 15) is 4.79 Å². The molecule has 1 aliphatic carbocycles. The van der Waals surface area contributed by atoms with Crippen molar-refractivity contribution in [1.82, 2.24) is 0 Å². The third-order valence-corrected chi connectivity index (χ3v) is 6.04. The van der Waals surface area contributed by atoms with Crippen molar-refractivity contribution < 1.29 is 4.79 Å². The molecule has 1 aliphatic heterocycles. The Kier molecular flexibility index (Phi) is 3.87. The first-order valence-electron chi connectivity index (χ1n) is 8.34. The van der Waals surface area contributed by atoms with Crippen LogP contribution in [0.25, 0.3) is 0 Å². The third kappa shape index (κ3) is 3.19. The zero-order valence-corrected chi connectivity index (χ0v) is 15.9. The van der Waals surface area contributed by atoms with Gasteiger partial charge in [-0.15, -0.1) is 0 Å². The van der Waals surface area contributed by atoms with Gasteiger partial charge in [0.2, 0.25) is 0 Å². The quantitative estimate of drug-likeness (QED) is 0.596. The topological polar surface area (TPSA) is 17.1 Å². The van der Waals surface area contributed by atoms with Gasteiger partial charge in [0.1, 0.15) is 0 Å². The van der Waals surface area contributed by atoms with Crippen LogP contribution in [0.3, 0.4) is 0 Å². The first kappa shape index (κ1) is 16.6. The van der Waals surface area contributed by atoms with Crippen molar-refractivity contribution in [2.24, 2.45) is 5.41 Å². The molecule has 1 aromatic rings. The minimum atomic E-state index is 0.0619. The average Bonchev–Trinajstić information content (AvgIpc) is 2.43. The van der Waals surface area contributed by atoms with Gasteiger partial charge >= 0.3 is 0 Å². The first-order valence-corrected chi connectivity index (χ1v) is 9.16. The molecular weight excluding hydrogens is 300 g/mol. The molecule has 0 unspecified atom stereocenters. The maximum Gasteiger partial charge on any atom is 0.173 e. The van der Waals surface area contributed by atoms with Gasteiger partial charge in [-0.25, -0.2) is 0 Å². The summed E-state index contributed by atoms with van der Waals surface area (Å²) < 4.78 is 0. The first-order chi connectivity index (χ1) is 10.6. The minimum Gasteiger partial charge on any atom is -0.293 e. The van der Waals surface area contributed by atoms with Crippen LogP contribution in [0, 0.1) is 5.41 Å². The molecule has 1 nitrogen and oxygen atoms in total. The van der Waals surface area contributed by atoms with E-state index in [4.69, 9.17) is 0 Å². The summed E-state index contributed by atoms with van der Waals surface area (Å²) in [7, 11) is 0. The van der Waals surface area contributed by atoms with Crippen LogP contribution in [0.15, 0.2) is 45.2 Å². The standard InChI is InChI=1S/C21H26OS/c1-20(2,3)15-7-8-18-13(10-15)9-14-11-16(21(4,5)6)12-17(22)19(14)23-18/h7-8,10-11H,9,12H2,1-6H3. The molecule has 0 fully saturated rings. The Bertz CT molecular complexity index is 736. The van der Waals surface area contributed by atoms with Crippen molar-refractivity contribution in [2.75, 3.05) is 0 Å². The van der Waals surface area contributed by atoms with Crippen LogP contribution < -0.4 is 0 Å². The summed E-state index contributed by atoms with van der Waals surface area (Å²) in [5.74, 6) is 0.294. The number of allylic oxidation sites excluding steroid dienone is 4. The van der Waals surface area contributed by atoms with Gasteiger partial charge in [-0.2, -0.15) is 0 Å². The molecule has 23 heavy (non-hydrogen) atoms. The van der Waals surface area contributed by atoms with Crippen LogP contribution >= 0.6 is 11.8 Å². The molecule has 2 aliphatic rings. The van der Waals surface area contributed by atoms with Crippen molar-refractivity contribution in [3.8, 4) is 0 Å². The Balaban J connectivity index is 2.01. The third-order valence-electron chi connectivity index (χ3n) is 4.73. The summed E-state index contributed by atoms with van der Waals surface area (Å²) in [6.45, 7) is 13.3. The number of hydrogen-bond acceptors (Lipinski definition) is 2. The van der Waals surface area contributed by atoms with E-state index in [2.05, 4.69) is 65.8 Å². The molecule has 0 bridgehead atoms. The second-order valence-corrected chi connectivity index (χ2v) is 9.78. The molecule has 0 N–H and O–H groups in total. The normalized spacial score (nSPS) is 18.5. The molecule has 122 valence electrons. The fourth-order valence-corrected chi connectivity index (χ4v) is 4.16. The van der Waals surface area contributed by atoms with Gasteiger partial charge in [-0.05, 0) is 40.0 Å². The predicted octanol–water partition coefficient (Wildman–Crippen LogP) is 5.83. The highest BCUT2D eigenvalue weighted by atomic mass is 32.2. The molecule has 1 aromatic carbocycles. The number of carbonyl (C=O) groups is 1. The van der Waals surface area contributed by atoms with E-state index in [0.29, 0.717) is 12.2 Å². The number of Topliss-reactive ketones (excluding diaryl/α,β-unsaturated/α-hetero) is 1. The van der Waals surface area contributed by atoms with Gasteiger partial charge in [-0.3, -0.25) is 4.79 Å². The Morgan fingerprint density at radius 3 is 2.26 bits per heavy atom. The maximum absolute atomic E-state index is 12.6. The fraction of sp³-hybridized carbons (Fsp3) is 0.476. The molecule has 0 radical (unpaired) electrons. The van der Waals surface area contributed by atoms with Crippen LogP contribution in [0.5, 0.6) is 0 Å². The molecule has 1 heterocycles. The van der Waals surface area contributed by atoms with Crippen LogP contribution in [-0.4, -0.2) is 5.78 Å². The summed E-state index contributed by atoms with van der Waals surface area (Å²) in [6.07, 6.45) is 3.74. The number of hydrogen-bond donors (Lipinski definition) is 0. The molecule has 0 spiro atoms. The average molecular weight is 327 g/mol. The van der Waals surface area contributed by atoms with E-state index in [1.54, 1.807) is 11.8 Å². The van der Waals surface area contributed by atoms with Crippen molar-refractivity contribution in [3.05, 3.63) is 51.5 Å². The maximum atomic E-state index is 12.6. The minimum absolute atomic E-state index is 0.0619. The summed E-state index contributed by atoms with van der Waals surface area (Å²) in [5.41, 5.74) is 5.42. The van der Waals surface area contributed by atoms with Crippen LogP contribution in [0.2, 0.25) is 0 Å². The highest BCUT2D eigenvalue weighted by Gasteiger charge is 2.31. The van der Waals surface area contributed by atoms with Crippen molar-refractivity contribution >= 4 is 17.5 Å². The zero-order chi connectivity index (χ0) is 17.0. The Hall–Kier alpha value is -1.28. The lowest BCUT2D eigenvalue weighted by molar-refractivity contribution is -0.114. The van der Waals surface area contributed by atoms with E-state index < -0.39 is 0 Å². The Morgan fingerprint density at radius 1 is 0.957 bits per heavy atom. The van der Waals surface area contributed by atoms with Gasteiger partial charge in [0.05, 0.1) is 4.91 Å². The highest BCUT2D eigenvalue weighted by molar-refractivity contribution is 8.04. The molecule has 0 aromatic heterocycles. The van der Waals surface area contributed by atoms with Gasteiger partial charge in [0.15, 0.2) is 5.78 Å². The number of fused-ring (bicyclic) bond motifs is 1. The van der Waals surface area contributed by atoms with Crippen molar-refractivity contribution in [3.63, 3.8) is 0 Å². The highest BCUT2D eigenvalue weighted by Crippen LogP contribution is 2.45. The van der Waals surface area contributed by atoms with Crippen LogP contribution in [0.1, 0.15) is 59.1 Å². The van der Waals surface area contributed by atoms with Crippen LogP contribution in [-0.2, 0) is 16.6 Å². The molecule has 0 saturated heterocycles. The molecule has 3 rings (SSSR count). The number of rotatable bonds is 0. The summed E-state index contributed by atoms with van der Waals surface area (Å²) in [6, 6.07) is 6.73. The summed E-state index contributed by atoms with van der Waals surface area (Å²) in [4.78, 5) is 14.8. The van der Waals surface area contributed by atoms with Gasteiger partial charge in [0.25, 0.3) is 0 Å². The van der Waals surface area contributed by atoms with Gasteiger partial charge in [0, 0.05) is 11.3 Å². The molecule has 0 saturated carbocycles. The number of carbonyl (C=O) groups excluding carboxylic acids is 1. The monoisotopic (exact) mass is 326 g/mol. The van der Waals surface area contributed by atoms with Crippen molar-refractivity contribution in [2.45, 2.75) is 64.7 Å². The summed E-state index contributed by atoms with van der Waals surface area (Å²) >= 11 is 1.67. The largest absolute Gasteiger partial charge is 0.293 e. The van der Waals surface area contributed by atoms with E-state index in [1.807, 2.05) is 0 Å². The molecular formula is C21H26OS. The van der Waals surface area contributed by atoms with Gasteiger partial charge in [-0.1, -0.05) is 77.1 Å². The predicted molar refractivity (Wildman–Crippen MR) is 98.9 cm³/mol. The lowest BCUT2D eigenvalue weighted by Crippen LogP contribution is -2.21. The lowest BCUT2D eigenvalue weighted by Gasteiger charge is -2.31. The Morgan fingerprint density at radius 2 is 1.65 bits per heavy atom.